The quantitative estimate of drug-likeness (QED) is 0.616. The highest BCUT2D eigenvalue weighted by atomic mass is 35.5. The molecule has 1 aliphatic rings. The minimum absolute atomic E-state index is 0.0666. The van der Waals surface area contributed by atoms with Crippen LogP contribution in [-0.2, 0) is 19.1 Å². The topological polar surface area (TPSA) is 129 Å². The first-order chi connectivity index (χ1) is 13.7. The molecule has 0 amide bonds. The maximum absolute atomic E-state index is 12.6. The molecule has 1 aromatic rings. The molecule has 4 unspecified atom stereocenters. The van der Waals surface area contributed by atoms with Crippen molar-refractivity contribution in [2.24, 2.45) is 16.3 Å². The molecule has 1 aromatic carbocycles. The summed E-state index contributed by atoms with van der Waals surface area (Å²) in [5.74, 6) is -4.86. The molecular formula is C20H23ClN2O6. The maximum Gasteiger partial charge on any atom is 0.313 e. The van der Waals surface area contributed by atoms with E-state index in [1.54, 1.807) is 31.2 Å². The zero-order chi connectivity index (χ0) is 21.8. The van der Waals surface area contributed by atoms with Gasteiger partial charge in [0.2, 0.25) is 0 Å². The molecule has 0 saturated carbocycles. The number of aliphatic imine (C=N–C) groups is 1. The third-order valence-corrected chi connectivity index (χ3v) is 5.72. The van der Waals surface area contributed by atoms with Gasteiger partial charge in [0.05, 0.1) is 23.2 Å². The molecule has 0 fully saturated rings. The van der Waals surface area contributed by atoms with Gasteiger partial charge in [-0.3, -0.25) is 14.6 Å². The Morgan fingerprint density at radius 1 is 1.34 bits per heavy atom. The van der Waals surface area contributed by atoms with Crippen molar-refractivity contribution in [2.45, 2.75) is 38.0 Å². The minimum Gasteiger partial charge on any atom is -0.481 e. The predicted octanol–water partition coefficient (Wildman–Crippen LogP) is 2.96. The van der Waals surface area contributed by atoms with Crippen LogP contribution in [0.15, 0.2) is 29.3 Å². The number of carboxylic acids is 2. The Morgan fingerprint density at radius 2 is 2.00 bits per heavy atom. The summed E-state index contributed by atoms with van der Waals surface area (Å²) in [4.78, 5) is 29.4. The average Bonchev–Trinajstić information content (AvgIpc) is 2.67. The van der Waals surface area contributed by atoms with Gasteiger partial charge in [-0.15, -0.1) is 0 Å². The number of aliphatic carboxylic acids is 2. The summed E-state index contributed by atoms with van der Waals surface area (Å²) in [6, 6.07) is 7.57. The van der Waals surface area contributed by atoms with Crippen LogP contribution in [0.4, 0.5) is 0 Å². The lowest BCUT2D eigenvalue weighted by Crippen LogP contribution is -2.56. The van der Waals surface area contributed by atoms with E-state index in [-0.39, 0.29) is 18.6 Å². The van der Waals surface area contributed by atoms with Crippen molar-refractivity contribution < 1.29 is 29.3 Å². The molecule has 0 spiro atoms. The largest absolute Gasteiger partial charge is 0.481 e. The fourth-order valence-electron chi connectivity index (χ4n) is 4.20. The molecule has 4 atom stereocenters. The molecular weight excluding hydrogens is 400 g/mol. The predicted molar refractivity (Wildman–Crippen MR) is 105 cm³/mol. The van der Waals surface area contributed by atoms with Crippen LogP contribution in [-0.4, -0.2) is 54.4 Å². The summed E-state index contributed by atoms with van der Waals surface area (Å²) in [5.41, 5.74) is -1.09. The number of nitrogens with zero attached hydrogens (tertiary/aromatic N) is 2. The van der Waals surface area contributed by atoms with E-state index in [0.29, 0.717) is 10.6 Å². The molecule has 0 aliphatic carbocycles. The van der Waals surface area contributed by atoms with Crippen molar-refractivity contribution in [2.75, 3.05) is 14.2 Å². The van der Waals surface area contributed by atoms with Crippen LogP contribution in [0.25, 0.3) is 0 Å². The van der Waals surface area contributed by atoms with Gasteiger partial charge in [-0.2, -0.15) is 5.26 Å². The molecule has 2 rings (SSSR count). The van der Waals surface area contributed by atoms with Gasteiger partial charge in [0, 0.05) is 31.6 Å². The van der Waals surface area contributed by atoms with E-state index in [0.717, 1.165) is 0 Å². The lowest BCUT2D eigenvalue weighted by molar-refractivity contribution is -0.156. The Bertz CT molecular complexity index is 848. The SMILES string of the molecule is COC(OC)C1=NC(C)C(CCC#N)(C(=O)O)C(c2cccc(Cl)c2)C1C(=O)O. The van der Waals surface area contributed by atoms with Gasteiger partial charge in [-0.05, 0) is 31.0 Å². The van der Waals surface area contributed by atoms with Gasteiger partial charge >= 0.3 is 11.9 Å². The number of ether oxygens (including phenoxy) is 2. The lowest BCUT2D eigenvalue weighted by Gasteiger charge is -2.47. The number of benzene rings is 1. The smallest absolute Gasteiger partial charge is 0.313 e. The van der Waals surface area contributed by atoms with E-state index in [2.05, 4.69) is 4.99 Å². The van der Waals surface area contributed by atoms with E-state index < -0.39 is 41.5 Å². The summed E-state index contributed by atoms with van der Waals surface area (Å²) in [6.07, 6.45) is -1.19. The van der Waals surface area contributed by atoms with Gasteiger partial charge in [0.1, 0.15) is 5.92 Å². The molecule has 0 aromatic heterocycles. The number of methoxy groups -OCH3 is 2. The van der Waals surface area contributed by atoms with Crippen LogP contribution in [0, 0.1) is 22.7 Å². The van der Waals surface area contributed by atoms with E-state index in [4.69, 9.17) is 26.3 Å². The Balaban J connectivity index is 2.85. The highest BCUT2D eigenvalue weighted by Crippen LogP contribution is 2.52. The first-order valence-electron chi connectivity index (χ1n) is 8.96. The summed E-state index contributed by atoms with van der Waals surface area (Å²) >= 11 is 6.13. The van der Waals surface area contributed by atoms with Crippen LogP contribution in [0.5, 0.6) is 0 Å². The monoisotopic (exact) mass is 422 g/mol. The third-order valence-electron chi connectivity index (χ3n) is 5.49. The number of rotatable bonds is 8. The number of carboxylic acid groups (broad SMARTS) is 2. The van der Waals surface area contributed by atoms with Crippen molar-refractivity contribution in [3.8, 4) is 6.07 Å². The molecule has 0 radical (unpaired) electrons. The first-order valence-corrected chi connectivity index (χ1v) is 9.34. The van der Waals surface area contributed by atoms with E-state index in [1.807, 2.05) is 6.07 Å². The van der Waals surface area contributed by atoms with Crippen molar-refractivity contribution in [1.29, 1.82) is 5.26 Å². The van der Waals surface area contributed by atoms with Crippen molar-refractivity contribution in [1.82, 2.24) is 0 Å². The summed E-state index contributed by atoms with van der Waals surface area (Å²) in [5, 5.41) is 29.8. The second-order valence-corrected chi connectivity index (χ2v) is 7.32. The molecule has 29 heavy (non-hydrogen) atoms. The molecule has 9 heteroatoms. The van der Waals surface area contributed by atoms with Gasteiger partial charge in [0.25, 0.3) is 0 Å². The molecule has 0 bridgehead atoms. The van der Waals surface area contributed by atoms with Gasteiger partial charge in [-0.25, -0.2) is 0 Å². The van der Waals surface area contributed by atoms with Crippen LogP contribution >= 0.6 is 11.6 Å². The molecule has 156 valence electrons. The summed E-state index contributed by atoms with van der Waals surface area (Å²) < 4.78 is 10.5. The fourth-order valence-corrected chi connectivity index (χ4v) is 4.40. The minimum atomic E-state index is -1.63. The fraction of sp³-hybridized carbons (Fsp3) is 0.500. The van der Waals surface area contributed by atoms with Gasteiger partial charge in [0.15, 0.2) is 6.29 Å². The first kappa shape index (κ1) is 22.8. The van der Waals surface area contributed by atoms with Gasteiger partial charge in [-0.1, -0.05) is 23.7 Å². The summed E-state index contributed by atoms with van der Waals surface area (Å²) in [6.45, 7) is 1.60. The lowest BCUT2D eigenvalue weighted by atomic mass is 9.58. The highest BCUT2D eigenvalue weighted by molar-refractivity contribution is 6.30. The Morgan fingerprint density at radius 3 is 2.48 bits per heavy atom. The molecule has 1 heterocycles. The Kier molecular flexibility index (Phi) is 7.36. The van der Waals surface area contributed by atoms with E-state index >= 15 is 0 Å². The van der Waals surface area contributed by atoms with Crippen molar-refractivity contribution in [3.05, 3.63) is 34.9 Å². The normalized spacial score (nSPS) is 26.6. The van der Waals surface area contributed by atoms with Crippen LogP contribution in [0.3, 0.4) is 0 Å². The Labute approximate surface area is 173 Å². The van der Waals surface area contributed by atoms with Crippen molar-refractivity contribution >= 4 is 29.3 Å². The highest BCUT2D eigenvalue weighted by Gasteiger charge is 2.59. The Hall–Kier alpha value is -2.47. The van der Waals surface area contributed by atoms with Gasteiger partial charge < -0.3 is 19.7 Å². The average molecular weight is 423 g/mol. The molecule has 1 aliphatic heterocycles. The second-order valence-electron chi connectivity index (χ2n) is 6.89. The zero-order valence-corrected chi connectivity index (χ0v) is 17.1. The zero-order valence-electron chi connectivity index (χ0n) is 16.3. The van der Waals surface area contributed by atoms with Crippen LogP contribution in [0.1, 0.15) is 31.2 Å². The number of nitriles is 1. The molecule has 2 N–H and O–H groups in total. The maximum atomic E-state index is 12.6. The van der Waals surface area contributed by atoms with Crippen LogP contribution < -0.4 is 0 Å². The van der Waals surface area contributed by atoms with Crippen LogP contribution in [0.2, 0.25) is 5.02 Å². The summed E-state index contributed by atoms with van der Waals surface area (Å²) in [7, 11) is 2.70. The molecule has 8 nitrogen and oxygen atoms in total. The number of halogens is 1. The number of hydrogen-bond donors (Lipinski definition) is 2. The number of hydrogen-bond acceptors (Lipinski definition) is 6. The van der Waals surface area contributed by atoms with E-state index in [1.165, 1.54) is 14.2 Å². The third kappa shape index (κ3) is 4.13. The van der Waals surface area contributed by atoms with Crippen molar-refractivity contribution in [3.63, 3.8) is 0 Å². The number of carbonyl (C=O) groups is 2. The van der Waals surface area contributed by atoms with E-state index in [9.17, 15) is 19.8 Å². The second kappa shape index (κ2) is 9.35. The molecule has 0 saturated heterocycles. The standard InChI is InChI=1S/C20H23ClN2O6/c1-11-20(19(26)27,8-5-9-22)15(12-6-4-7-13(21)10-12)14(17(24)25)16(23-11)18(28-2)29-3/h4,6-7,10-11,14-15,18H,5,8H2,1-3H3,(H,24,25)(H,26,27).